The minimum Gasteiger partial charge on any atom is -0.483 e. The van der Waals surface area contributed by atoms with Gasteiger partial charge < -0.3 is 14.5 Å². The number of amides is 1. The maximum absolute atomic E-state index is 12.3. The zero-order chi connectivity index (χ0) is 21.6. The monoisotopic (exact) mass is 439 g/mol. The Labute approximate surface area is 187 Å². The van der Waals surface area contributed by atoms with Gasteiger partial charge in [-0.3, -0.25) is 4.79 Å². The molecule has 0 bridgehead atoms. The highest BCUT2D eigenvalue weighted by Gasteiger charge is 2.27. The summed E-state index contributed by atoms with van der Waals surface area (Å²) >= 11 is 1.60. The molecule has 164 valence electrons. The minimum absolute atomic E-state index is 0.0482. The third-order valence-corrected chi connectivity index (χ3v) is 6.71. The maximum Gasteiger partial charge on any atom is 0.257 e. The van der Waals surface area contributed by atoms with Gasteiger partial charge in [-0.1, -0.05) is 38.1 Å². The highest BCUT2D eigenvalue weighted by molar-refractivity contribution is 7.13. The van der Waals surface area contributed by atoms with Crippen LogP contribution in [0.3, 0.4) is 0 Å². The highest BCUT2D eigenvalue weighted by Crippen LogP contribution is 2.36. The molecule has 2 heterocycles. The topological polar surface area (TPSA) is 77.2 Å². The largest absolute Gasteiger partial charge is 0.483 e. The second kappa shape index (κ2) is 10.1. The molecule has 0 aliphatic heterocycles. The van der Waals surface area contributed by atoms with Gasteiger partial charge in [-0.05, 0) is 60.6 Å². The van der Waals surface area contributed by atoms with Crippen LogP contribution in [0.5, 0.6) is 5.75 Å². The average molecular weight is 440 g/mol. The lowest BCUT2D eigenvalue weighted by atomic mass is 9.82. The van der Waals surface area contributed by atoms with Gasteiger partial charge >= 0.3 is 0 Å². The zero-order valence-corrected chi connectivity index (χ0v) is 18.9. The summed E-state index contributed by atoms with van der Waals surface area (Å²) < 4.78 is 11.7. The molecular formula is C24H29N3O3S. The Morgan fingerprint density at radius 3 is 2.71 bits per heavy atom. The molecule has 1 saturated carbocycles. The van der Waals surface area contributed by atoms with Crippen LogP contribution in [-0.2, 0) is 4.79 Å². The summed E-state index contributed by atoms with van der Waals surface area (Å²) in [5, 5.41) is 13.5. The molecule has 1 fully saturated rings. The van der Waals surface area contributed by atoms with Gasteiger partial charge in [0.1, 0.15) is 5.75 Å². The lowest BCUT2D eigenvalue weighted by Crippen LogP contribution is -2.34. The Kier molecular flexibility index (Phi) is 7.02. The van der Waals surface area contributed by atoms with Crippen molar-refractivity contribution in [3.63, 3.8) is 0 Å². The molecule has 4 rings (SSSR count). The molecule has 1 aromatic carbocycles. The summed E-state index contributed by atoms with van der Waals surface area (Å²) in [7, 11) is 0. The maximum atomic E-state index is 12.3. The predicted octanol–water partition coefficient (Wildman–Crippen LogP) is 5.39. The van der Waals surface area contributed by atoms with E-state index in [0.717, 1.165) is 47.8 Å². The van der Waals surface area contributed by atoms with E-state index in [1.165, 1.54) is 0 Å². The van der Waals surface area contributed by atoms with Gasteiger partial charge in [0.25, 0.3) is 11.8 Å². The number of carbonyl (C=O) groups excluding carboxylic acids is 1. The summed E-state index contributed by atoms with van der Waals surface area (Å²) in [5.41, 5.74) is 1.12. The fourth-order valence-electron chi connectivity index (χ4n) is 4.05. The fraction of sp³-hybridized carbons (Fsp3) is 0.458. The van der Waals surface area contributed by atoms with Crippen LogP contribution in [-0.4, -0.2) is 29.3 Å². The molecule has 0 unspecified atom stereocenters. The fourth-order valence-corrected chi connectivity index (χ4v) is 4.70. The molecule has 0 saturated heterocycles. The van der Waals surface area contributed by atoms with E-state index < -0.39 is 0 Å². The van der Waals surface area contributed by atoms with Crippen LogP contribution in [0.2, 0.25) is 0 Å². The second-order valence-corrected chi connectivity index (χ2v) is 9.37. The second-order valence-electron chi connectivity index (χ2n) is 8.43. The lowest BCUT2D eigenvalue weighted by molar-refractivity contribution is -0.123. The number of para-hydroxylation sites is 1. The molecule has 0 spiro atoms. The Balaban J connectivity index is 1.20. The lowest BCUT2D eigenvalue weighted by Gasteiger charge is -2.26. The predicted molar refractivity (Wildman–Crippen MR) is 121 cm³/mol. The third-order valence-electron chi connectivity index (χ3n) is 5.86. The third kappa shape index (κ3) is 5.53. The van der Waals surface area contributed by atoms with E-state index >= 15 is 0 Å². The van der Waals surface area contributed by atoms with Crippen LogP contribution in [0, 0.1) is 5.92 Å². The average Bonchev–Trinajstić information content (AvgIpc) is 3.49. The van der Waals surface area contributed by atoms with E-state index in [1.807, 2.05) is 41.8 Å². The molecule has 7 heteroatoms. The molecule has 1 aliphatic rings. The first kappa shape index (κ1) is 21.6. The van der Waals surface area contributed by atoms with E-state index in [0.29, 0.717) is 30.2 Å². The van der Waals surface area contributed by atoms with Gasteiger partial charge in [0.15, 0.2) is 6.61 Å². The summed E-state index contributed by atoms with van der Waals surface area (Å²) in [5.74, 6) is 3.20. The Bertz CT molecular complexity index is 976. The van der Waals surface area contributed by atoms with E-state index in [2.05, 4.69) is 29.4 Å². The molecule has 31 heavy (non-hydrogen) atoms. The number of aromatic nitrogens is 2. The first-order valence-electron chi connectivity index (χ1n) is 11.0. The Morgan fingerprint density at radius 2 is 1.97 bits per heavy atom. The number of thiophene rings is 1. The number of ether oxygens (including phenoxy) is 1. The van der Waals surface area contributed by atoms with Crippen LogP contribution in [0.4, 0.5) is 0 Å². The van der Waals surface area contributed by atoms with Crippen molar-refractivity contribution < 1.29 is 13.9 Å². The number of hydrogen-bond acceptors (Lipinski definition) is 6. The van der Waals surface area contributed by atoms with Crippen LogP contribution >= 0.6 is 11.3 Å². The summed E-state index contributed by atoms with van der Waals surface area (Å²) in [6.07, 6.45) is 4.09. The minimum atomic E-state index is -0.0711. The summed E-state index contributed by atoms with van der Waals surface area (Å²) in [6, 6.07) is 11.9. The number of benzene rings is 1. The van der Waals surface area contributed by atoms with Crippen LogP contribution in [0.25, 0.3) is 10.8 Å². The van der Waals surface area contributed by atoms with Crippen LogP contribution in [0.1, 0.15) is 62.8 Å². The van der Waals surface area contributed by atoms with Gasteiger partial charge in [-0.25, -0.2) is 0 Å². The van der Waals surface area contributed by atoms with E-state index in [1.54, 1.807) is 11.3 Å². The van der Waals surface area contributed by atoms with Crippen molar-refractivity contribution in [1.29, 1.82) is 0 Å². The van der Waals surface area contributed by atoms with E-state index in [4.69, 9.17) is 9.15 Å². The number of rotatable bonds is 8. The van der Waals surface area contributed by atoms with Gasteiger partial charge in [0.05, 0.1) is 4.88 Å². The van der Waals surface area contributed by atoms with Crippen molar-refractivity contribution in [2.45, 2.75) is 51.4 Å². The molecule has 1 N–H and O–H groups in total. The molecule has 0 radical (unpaired) electrons. The molecule has 3 aromatic rings. The highest BCUT2D eigenvalue weighted by atomic mass is 32.1. The Hall–Kier alpha value is -2.67. The normalized spacial score (nSPS) is 18.8. The standard InChI is InChI=1S/C24H29N3O3S/c1-16(2)19-6-3-4-7-20(19)29-15-22(28)25-14-17-9-11-18(12-10-17)23-26-27-24(30-23)21-8-5-13-31-21/h3-8,13,16-18H,9-12,14-15H2,1-2H3,(H,25,28). The number of nitrogens with zero attached hydrogens (tertiary/aromatic N) is 2. The van der Waals surface area contributed by atoms with Crippen LogP contribution in [0.15, 0.2) is 46.2 Å². The molecule has 1 aliphatic carbocycles. The summed E-state index contributed by atoms with van der Waals surface area (Å²) in [6.45, 7) is 4.98. The van der Waals surface area contributed by atoms with Gasteiger partial charge in [0.2, 0.25) is 5.89 Å². The van der Waals surface area contributed by atoms with Crippen molar-refractivity contribution in [2.75, 3.05) is 13.2 Å². The number of hydrogen-bond donors (Lipinski definition) is 1. The molecule has 6 nitrogen and oxygen atoms in total. The Morgan fingerprint density at radius 1 is 1.16 bits per heavy atom. The van der Waals surface area contributed by atoms with Gasteiger partial charge in [-0.15, -0.1) is 21.5 Å². The number of carbonyl (C=O) groups is 1. The first-order valence-corrected chi connectivity index (χ1v) is 11.8. The van der Waals surface area contributed by atoms with Crippen molar-refractivity contribution in [2.24, 2.45) is 5.92 Å². The van der Waals surface area contributed by atoms with Gasteiger partial charge in [-0.2, -0.15) is 0 Å². The van der Waals surface area contributed by atoms with Crippen LogP contribution < -0.4 is 10.1 Å². The quantitative estimate of drug-likeness (QED) is 0.509. The zero-order valence-electron chi connectivity index (χ0n) is 18.0. The molecule has 0 atom stereocenters. The van der Waals surface area contributed by atoms with E-state index in [9.17, 15) is 4.79 Å². The SMILES string of the molecule is CC(C)c1ccccc1OCC(=O)NCC1CCC(c2nnc(-c3cccs3)o2)CC1. The van der Waals surface area contributed by atoms with E-state index in [-0.39, 0.29) is 12.5 Å². The van der Waals surface area contributed by atoms with Gasteiger partial charge in [0, 0.05) is 12.5 Å². The molecule has 1 amide bonds. The smallest absolute Gasteiger partial charge is 0.257 e. The molecular weight excluding hydrogens is 410 g/mol. The first-order chi connectivity index (χ1) is 15.1. The molecule has 2 aromatic heterocycles. The summed E-state index contributed by atoms with van der Waals surface area (Å²) in [4.78, 5) is 13.3. The van der Waals surface area contributed by atoms with Crippen molar-refractivity contribution in [3.8, 4) is 16.5 Å². The van der Waals surface area contributed by atoms with Crippen molar-refractivity contribution >= 4 is 17.2 Å². The van der Waals surface area contributed by atoms with Crippen molar-refractivity contribution in [3.05, 3.63) is 53.2 Å². The van der Waals surface area contributed by atoms with Crippen molar-refractivity contribution in [1.82, 2.24) is 15.5 Å². The number of nitrogens with one attached hydrogen (secondary N) is 1.